The first-order valence-electron chi connectivity index (χ1n) is 5.04. The van der Waals surface area contributed by atoms with E-state index in [2.05, 4.69) is 0 Å². The average molecular weight is 207 g/mol. The van der Waals surface area contributed by atoms with Gasteiger partial charge in [-0.25, -0.2) is 0 Å². The van der Waals surface area contributed by atoms with Crippen LogP contribution >= 0.6 is 0 Å². The Morgan fingerprint density at radius 2 is 1.93 bits per heavy atom. The highest BCUT2D eigenvalue weighted by Gasteiger charge is 2.33. The van der Waals surface area contributed by atoms with Gasteiger partial charge in [0.2, 0.25) is 5.91 Å². The third-order valence-electron chi connectivity index (χ3n) is 2.76. The Balaban J connectivity index is 3.11. The lowest BCUT2D eigenvalue weighted by molar-refractivity contribution is -0.156. The van der Waals surface area contributed by atoms with Gasteiger partial charge >= 0.3 is 0 Å². The quantitative estimate of drug-likeness (QED) is 0.767. The third kappa shape index (κ3) is 2.18. The minimum absolute atomic E-state index is 0.150. The Kier molecular flexibility index (Phi) is 3.48. The number of benzene rings is 1. The maximum absolute atomic E-state index is 11.3. The summed E-state index contributed by atoms with van der Waals surface area (Å²) in [6, 6.07) is 9.23. The summed E-state index contributed by atoms with van der Waals surface area (Å²) >= 11 is 0. The molecule has 1 unspecified atom stereocenters. The number of aliphatic hydroxyl groups is 1. The monoisotopic (exact) mass is 207 g/mol. The zero-order chi connectivity index (χ0) is 11.5. The lowest BCUT2D eigenvalue weighted by Crippen LogP contribution is -2.45. The van der Waals surface area contributed by atoms with Crippen LogP contribution in [0.5, 0.6) is 0 Å². The first kappa shape index (κ1) is 11.7. The van der Waals surface area contributed by atoms with Crippen LogP contribution in [0.25, 0.3) is 0 Å². The van der Waals surface area contributed by atoms with Crippen molar-refractivity contribution in [3.8, 4) is 0 Å². The second kappa shape index (κ2) is 4.45. The highest BCUT2D eigenvalue weighted by Crippen LogP contribution is 2.27. The van der Waals surface area contributed by atoms with Crippen molar-refractivity contribution in [3.05, 3.63) is 35.9 Å². The van der Waals surface area contributed by atoms with Crippen molar-refractivity contribution in [1.82, 2.24) is 4.90 Å². The summed E-state index contributed by atoms with van der Waals surface area (Å²) < 4.78 is 0. The molecule has 0 heterocycles. The molecular formula is C12H17NO2. The molecule has 0 radical (unpaired) electrons. The molecule has 0 aromatic heterocycles. The summed E-state index contributed by atoms with van der Waals surface area (Å²) in [4.78, 5) is 12.7. The zero-order valence-corrected chi connectivity index (χ0v) is 9.40. The Morgan fingerprint density at radius 1 is 1.40 bits per heavy atom. The van der Waals surface area contributed by atoms with Crippen molar-refractivity contribution < 1.29 is 9.90 Å². The van der Waals surface area contributed by atoms with Gasteiger partial charge in [-0.05, 0) is 6.42 Å². The number of amides is 1. The van der Waals surface area contributed by atoms with Gasteiger partial charge in [0.1, 0.15) is 0 Å². The van der Waals surface area contributed by atoms with E-state index in [9.17, 15) is 9.90 Å². The zero-order valence-electron chi connectivity index (χ0n) is 9.40. The first-order chi connectivity index (χ1) is 7.02. The summed E-state index contributed by atoms with van der Waals surface area (Å²) in [5.41, 5.74) is -0.460. The molecule has 1 aromatic carbocycles. The fourth-order valence-electron chi connectivity index (χ4n) is 1.60. The van der Waals surface area contributed by atoms with E-state index in [-0.39, 0.29) is 5.91 Å². The first-order valence-corrected chi connectivity index (χ1v) is 5.04. The Hall–Kier alpha value is -1.35. The maximum atomic E-state index is 11.3. The molecule has 0 saturated heterocycles. The number of hydrogen-bond acceptors (Lipinski definition) is 2. The van der Waals surface area contributed by atoms with Gasteiger partial charge in [-0.3, -0.25) is 4.79 Å². The number of nitrogens with zero attached hydrogens (tertiary/aromatic N) is 1. The number of carbonyl (C=O) groups excluding carboxylic acids is 1. The molecule has 82 valence electrons. The van der Waals surface area contributed by atoms with Gasteiger partial charge in [-0.2, -0.15) is 0 Å². The molecule has 1 N–H and O–H groups in total. The third-order valence-corrected chi connectivity index (χ3v) is 2.76. The Labute approximate surface area is 90.3 Å². The van der Waals surface area contributed by atoms with Crippen molar-refractivity contribution in [1.29, 1.82) is 0 Å². The second-order valence-corrected chi connectivity index (χ2v) is 3.61. The van der Waals surface area contributed by atoms with E-state index in [1.807, 2.05) is 37.3 Å². The molecule has 3 nitrogen and oxygen atoms in total. The molecule has 1 rings (SSSR count). The van der Waals surface area contributed by atoms with Gasteiger partial charge in [0, 0.05) is 19.5 Å². The minimum Gasteiger partial charge on any atom is -0.367 e. The van der Waals surface area contributed by atoms with Crippen LogP contribution in [0.3, 0.4) is 0 Å². The summed E-state index contributed by atoms with van der Waals surface area (Å²) in [5, 5.41) is 10.4. The molecule has 0 spiro atoms. The van der Waals surface area contributed by atoms with E-state index in [0.717, 1.165) is 5.56 Å². The van der Waals surface area contributed by atoms with Gasteiger partial charge in [0.15, 0.2) is 5.72 Å². The van der Waals surface area contributed by atoms with Crippen LogP contribution in [0.15, 0.2) is 30.3 Å². The standard InChI is InChI=1S/C12H17NO2/c1-4-12(15,13(3)10(2)14)11-8-6-5-7-9-11/h5-9,15H,4H2,1-3H3. The SMILES string of the molecule is CCC(O)(c1ccccc1)N(C)C(C)=O. The fraction of sp³-hybridized carbons (Fsp3) is 0.417. The van der Waals surface area contributed by atoms with E-state index in [4.69, 9.17) is 0 Å². The van der Waals surface area contributed by atoms with Gasteiger partial charge in [-0.1, -0.05) is 37.3 Å². The van der Waals surface area contributed by atoms with Crippen LogP contribution in [0.4, 0.5) is 0 Å². The predicted molar refractivity (Wildman–Crippen MR) is 59.1 cm³/mol. The normalized spacial score (nSPS) is 14.4. The van der Waals surface area contributed by atoms with Gasteiger partial charge in [0.05, 0.1) is 0 Å². The lowest BCUT2D eigenvalue weighted by atomic mass is 9.98. The number of carbonyl (C=O) groups is 1. The van der Waals surface area contributed by atoms with E-state index in [1.54, 1.807) is 7.05 Å². The molecule has 1 amide bonds. The van der Waals surface area contributed by atoms with E-state index < -0.39 is 5.72 Å². The summed E-state index contributed by atoms with van der Waals surface area (Å²) in [7, 11) is 1.61. The summed E-state index contributed by atoms with van der Waals surface area (Å²) in [6.45, 7) is 3.30. The van der Waals surface area contributed by atoms with Crippen molar-refractivity contribution in [2.75, 3.05) is 7.05 Å². The van der Waals surface area contributed by atoms with Crippen LogP contribution in [-0.2, 0) is 10.5 Å². The van der Waals surface area contributed by atoms with Crippen LogP contribution < -0.4 is 0 Å². The molecular weight excluding hydrogens is 190 g/mol. The number of hydrogen-bond donors (Lipinski definition) is 1. The Morgan fingerprint density at radius 3 is 2.33 bits per heavy atom. The van der Waals surface area contributed by atoms with Crippen LogP contribution in [0.2, 0.25) is 0 Å². The molecule has 3 heteroatoms. The summed E-state index contributed by atoms with van der Waals surface area (Å²) in [6.07, 6.45) is 0.465. The van der Waals surface area contributed by atoms with Gasteiger partial charge in [-0.15, -0.1) is 0 Å². The van der Waals surface area contributed by atoms with Crippen LogP contribution in [-0.4, -0.2) is 23.0 Å². The van der Waals surface area contributed by atoms with E-state index in [1.165, 1.54) is 11.8 Å². The highest BCUT2D eigenvalue weighted by molar-refractivity contribution is 5.73. The molecule has 1 aromatic rings. The van der Waals surface area contributed by atoms with Crippen molar-refractivity contribution in [2.24, 2.45) is 0 Å². The highest BCUT2D eigenvalue weighted by atomic mass is 16.3. The van der Waals surface area contributed by atoms with Crippen molar-refractivity contribution in [2.45, 2.75) is 26.0 Å². The smallest absolute Gasteiger partial charge is 0.221 e. The van der Waals surface area contributed by atoms with Gasteiger partial charge in [0.25, 0.3) is 0 Å². The largest absolute Gasteiger partial charge is 0.367 e. The topological polar surface area (TPSA) is 40.5 Å². The van der Waals surface area contributed by atoms with Crippen LogP contribution in [0, 0.1) is 0 Å². The Bertz CT molecular complexity index is 337. The van der Waals surface area contributed by atoms with Crippen molar-refractivity contribution >= 4 is 5.91 Å². The molecule has 0 aliphatic heterocycles. The summed E-state index contributed by atoms with van der Waals surface area (Å²) in [5.74, 6) is -0.150. The predicted octanol–water partition coefficient (Wildman–Crippen LogP) is 1.72. The van der Waals surface area contributed by atoms with E-state index >= 15 is 0 Å². The van der Waals surface area contributed by atoms with Crippen molar-refractivity contribution in [3.63, 3.8) is 0 Å². The molecule has 1 atom stereocenters. The average Bonchev–Trinajstić information content (AvgIpc) is 2.28. The van der Waals surface area contributed by atoms with Gasteiger partial charge < -0.3 is 10.0 Å². The molecule has 0 saturated carbocycles. The molecule has 0 fully saturated rings. The molecule has 15 heavy (non-hydrogen) atoms. The molecule has 0 aliphatic carbocycles. The molecule has 0 aliphatic rings. The lowest BCUT2D eigenvalue weighted by Gasteiger charge is -2.36. The van der Waals surface area contributed by atoms with E-state index in [0.29, 0.717) is 6.42 Å². The van der Waals surface area contributed by atoms with Crippen LogP contribution in [0.1, 0.15) is 25.8 Å². The maximum Gasteiger partial charge on any atom is 0.221 e. The fourth-order valence-corrected chi connectivity index (χ4v) is 1.60. The molecule has 0 bridgehead atoms. The second-order valence-electron chi connectivity index (χ2n) is 3.61. The minimum atomic E-state index is -1.20. The number of rotatable bonds is 3.